The molecule has 13 heteroatoms. The summed E-state index contributed by atoms with van der Waals surface area (Å²) in [5.74, 6) is -6.15. The van der Waals surface area contributed by atoms with E-state index in [-0.39, 0.29) is 42.1 Å². The van der Waals surface area contributed by atoms with Gasteiger partial charge in [0.15, 0.2) is 0 Å². The highest BCUT2D eigenvalue weighted by Gasteiger charge is 2.60. The molecular formula is C27H29ClF5N5O2. The normalized spacial score (nSPS) is 16.1. The zero-order valence-electron chi connectivity index (χ0n) is 21.5. The Hall–Kier alpha value is -3.51. The number of nitrogens with one attached hydrogen (secondary N) is 2. The monoisotopic (exact) mass is 585 g/mol. The third-order valence-corrected chi connectivity index (χ3v) is 6.55. The average molecular weight is 586 g/mol. The molecule has 0 radical (unpaired) electrons. The van der Waals surface area contributed by atoms with Crippen molar-refractivity contribution in [2.24, 2.45) is 0 Å². The lowest BCUT2D eigenvalue weighted by Gasteiger charge is -2.32. The summed E-state index contributed by atoms with van der Waals surface area (Å²) in [5.41, 5.74) is -0.263. The Labute approximate surface area is 234 Å². The Bertz CT molecular complexity index is 1280. The van der Waals surface area contributed by atoms with Gasteiger partial charge in [-0.3, -0.25) is 9.78 Å². The number of halogens is 6. The molecule has 1 amide bonds. The quantitative estimate of drug-likeness (QED) is 0.288. The number of aromatic nitrogens is 2. The van der Waals surface area contributed by atoms with Gasteiger partial charge in [0.25, 0.3) is 5.91 Å². The zero-order valence-corrected chi connectivity index (χ0v) is 22.4. The van der Waals surface area contributed by atoms with Crippen molar-refractivity contribution in [3.63, 3.8) is 0 Å². The van der Waals surface area contributed by atoms with Crippen LogP contribution in [-0.4, -0.2) is 53.2 Å². The van der Waals surface area contributed by atoms with Gasteiger partial charge in [-0.15, -0.1) is 12.4 Å². The minimum absolute atomic E-state index is 0. The van der Waals surface area contributed by atoms with E-state index in [0.29, 0.717) is 12.6 Å². The predicted molar refractivity (Wildman–Crippen MR) is 143 cm³/mol. The highest BCUT2D eigenvalue weighted by Crippen LogP contribution is 2.47. The molecule has 1 fully saturated rings. The van der Waals surface area contributed by atoms with E-state index in [0.717, 1.165) is 43.5 Å². The summed E-state index contributed by atoms with van der Waals surface area (Å²) in [5, 5.41) is 5.62. The maximum Gasteiger partial charge on any atom is 0.458 e. The molecule has 7 nitrogen and oxygen atoms in total. The van der Waals surface area contributed by atoms with Crippen molar-refractivity contribution < 1.29 is 31.5 Å². The minimum atomic E-state index is -5.82. The third kappa shape index (κ3) is 7.36. The lowest BCUT2D eigenvalue weighted by Crippen LogP contribution is -2.40. The number of nitrogens with zero attached hydrogens (tertiary/aromatic N) is 3. The molecule has 3 heterocycles. The van der Waals surface area contributed by atoms with Crippen LogP contribution in [-0.2, 0) is 12.5 Å². The molecular weight excluding hydrogens is 557 g/mol. The second-order valence-corrected chi connectivity index (χ2v) is 9.29. The molecule has 1 unspecified atom stereocenters. The fourth-order valence-electron chi connectivity index (χ4n) is 4.29. The van der Waals surface area contributed by atoms with E-state index in [1.165, 1.54) is 12.3 Å². The number of benzene rings is 1. The van der Waals surface area contributed by atoms with E-state index >= 15 is 0 Å². The smallest absolute Gasteiger partial charge is 0.458 e. The first-order chi connectivity index (χ1) is 18.6. The molecule has 2 aromatic heterocycles. The number of carbonyl (C=O) groups excluding carboxylic acids is 1. The molecule has 40 heavy (non-hydrogen) atoms. The Balaban J connectivity index is 0.00000441. The van der Waals surface area contributed by atoms with Crippen LogP contribution in [0.25, 0.3) is 0 Å². The van der Waals surface area contributed by atoms with Gasteiger partial charge in [-0.05, 0) is 68.4 Å². The lowest BCUT2D eigenvalue weighted by atomic mass is 10.0. The molecule has 1 aliphatic rings. The van der Waals surface area contributed by atoms with E-state index in [1.807, 2.05) is 11.9 Å². The number of carbonyl (C=O) groups is 1. The largest absolute Gasteiger partial charge is 0.491 e. The van der Waals surface area contributed by atoms with Crippen molar-refractivity contribution in [2.45, 2.75) is 43.9 Å². The van der Waals surface area contributed by atoms with Crippen LogP contribution in [0.1, 0.15) is 40.7 Å². The minimum Gasteiger partial charge on any atom is -0.491 e. The van der Waals surface area contributed by atoms with Crippen molar-refractivity contribution in [2.75, 3.05) is 30.8 Å². The molecule has 0 bridgehead atoms. The second-order valence-electron chi connectivity index (χ2n) is 9.29. The Kier molecular flexibility index (Phi) is 10.3. The molecule has 1 aromatic carbocycles. The Morgan fingerprint density at radius 2 is 1.82 bits per heavy atom. The summed E-state index contributed by atoms with van der Waals surface area (Å²) in [6.07, 6.45) is 1.54. The summed E-state index contributed by atoms with van der Waals surface area (Å²) in [4.78, 5) is 23.2. The number of alkyl halides is 5. The maximum absolute atomic E-state index is 14.4. The van der Waals surface area contributed by atoms with Gasteiger partial charge < -0.3 is 20.3 Å². The summed E-state index contributed by atoms with van der Waals surface area (Å²) < 4.78 is 74.0. The van der Waals surface area contributed by atoms with E-state index in [4.69, 9.17) is 4.74 Å². The first-order valence-corrected chi connectivity index (χ1v) is 12.4. The topological polar surface area (TPSA) is 79.4 Å². The van der Waals surface area contributed by atoms with Crippen molar-refractivity contribution >= 4 is 29.8 Å². The molecule has 3 aromatic rings. The van der Waals surface area contributed by atoms with Crippen molar-refractivity contribution in [3.05, 3.63) is 77.7 Å². The highest BCUT2D eigenvalue weighted by molar-refractivity contribution is 6.07. The zero-order chi connectivity index (χ0) is 28.0. The van der Waals surface area contributed by atoms with Gasteiger partial charge in [0.2, 0.25) is 0 Å². The number of likely N-dealkylation sites (tertiary alicyclic amines) is 1. The number of piperidine rings is 1. The number of ether oxygens (including phenoxy) is 1. The van der Waals surface area contributed by atoms with Crippen LogP contribution < -0.4 is 15.4 Å². The number of amides is 1. The fourth-order valence-corrected chi connectivity index (χ4v) is 4.29. The van der Waals surface area contributed by atoms with Crippen molar-refractivity contribution in [1.82, 2.24) is 14.9 Å². The molecule has 1 atom stereocenters. The van der Waals surface area contributed by atoms with Gasteiger partial charge in [0.05, 0.1) is 11.1 Å². The SMILES string of the molecule is CN1CCCCC1COc1cc(NC(=O)c2cccnc2NCc2ccncc2)ccc1C(F)(F)C(F)(F)F.Cl. The van der Waals surface area contributed by atoms with E-state index in [1.54, 1.807) is 30.6 Å². The van der Waals surface area contributed by atoms with Gasteiger partial charge in [-0.1, -0.05) is 6.42 Å². The first-order valence-electron chi connectivity index (χ1n) is 12.4. The van der Waals surface area contributed by atoms with Gasteiger partial charge in [0.1, 0.15) is 18.2 Å². The van der Waals surface area contributed by atoms with Crippen molar-refractivity contribution in [3.8, 4) is 5.75 Å². The molecule has 0 spiro atoms. The van der Waals surface area contributed by atoms with Crippen LogP contribution in [0.15, 0.2) is 61.1 Å². The first kappa shape index (κ1) is 31.0. The van der Waals surface area contributed by atoms with Crippen LogP contribution in [0.2, 0.25) is 0 Å². The molecule has 2 N–H and O–H groups in total. The van der Waals surface area contributed by atoms with E-state index in [9.17, 15) is 26.7 Å². The number of pyridine rings is 2. The molecule has 0 saturated carbocycles. The second kappa shape index (κ2) is 13.2. The number of hydrogen-bond acceptors (Lipinski definition) is 6. The predicted octanol–water partition coefficient (Wildman–Crippen LogP) is 6.28. The van der Waals surface area contributed by atoms with Gasteiger partial charge in [-0.2, -0.15) is 22.0 Å². The molecule has 1 aliphatic heterocycles. The van der Waals surface area contributed by atoms with E-state index in [2.05, 4.69) is 20.6 Å². The van der Waals surface area contributed by atoms with Crippen LogP contribution in [0.4, 0.5) is 33.5 Å². The van der Waals surface area contributed by atoms with Gasteiger partial charge in [-0.25, -0.2) is 4.98 Å². The molecule has 1 saturated heterocycles. The number of likely N-dealkylation sites (N-methyl/N-ethyl adjacent to an activating group) is 1. The van der Waals surface area contributed by atoms with Crippen LogP contribution in [0, 0.1) is 0 Å². The molecule has 216 valence electrons. The van der Waals surface area contributed by atoms with E-state index < -0.39 is 29.3 Å². The summed E-state index contributed by atoms with van der Waals surface area (Å²) >= 11 is 0. The maximum atomic E-state index is 14.4. The Morgan fingerprint density at radius 3 is 2.52 bits per heavy atom. The summed E-state index contributed by atoms with van der Waals surface area (Å²) in [6.45, 7) is 1.06. The summed E-state index contributed by atoms with van der Waals surface area (Å²) in [7, 11) is 1.85. The summed E-state index contributed by atoms with van der Waals surface area (Å²) in [6, 6.07) is 9.14. The number of anilines is 2. The van der Waals surface area contributed by atoms with Gasteiger partial charge in [0, 0.05) is 42.9 Å². The molecule has 0 aliphatic carbocycles. The molecule has 4 rings (SSSR count). The van der Waals surface area contributed by atoms with Gasteiger partial charge >= 0.3 is 12.1 Å². The van der Waals surface area contributed by atoms with Crippen LogP contribution >= 0.6 is 12.4 Å². The standard InChI is InChI=1S/C27H28F5N5O2.ClH/c1-37-14-3-2-5-20(37)17-39-23-15-19(7-8-22(23)26(28,29)27(30,31)32)36-25(38)21-6-4-11-34-24(21)35-16-18-9-12-33-13-10-18;/h4,6-13,15,20H,2-3,5,14,16-17H2,1H3,(H,34,35)(H,36,38);1H. The van der Waals surface area contributed by atoms with Crippen molar-refractivity contribution in [1.29, 1.82) is 0 Å². The third-order valence-electron chi connectivity index (χ3n) is 6.55. The fraction of sp³-hybridized carbons (Fsp3) is 0.370. The number of hydrogen-bond donors (Lipinski definition) is 2. The number of rotatable bonds is 9. The van der Waals surface area contributed by atoms with Crippen LogP contribution in [0.3, 0.4) is 0 Å². The van der Waals surface area contributed by atoms with Crippen LogP contribution in [0.5, 0.6) is 5.75 Å². The highest BCUT2D eigenvalue weighted by atomic mass is 35.5. The lowest BCUT2D eigenvalue weighted by molar-refractivity contribution is -0.289. The average Bonchev–Trinajstić information content (AvgIpc) is 2.91. The Morgan fingerprint density at radius 1 is 1.07 bits per heavy atom.